The van der Waals surface area contributed by atoms with Crippen molar-refractivity contribution in [1.82, 2.24) is 19.5 Å². The molecule has 238 valence electrons. The lowest BCUT2D eigenvalue weighted by molar-refractivity contribution is 1.19. The molecule has 51 heavy (non-hydrogen) atoms. The number of pyridine rings is 3. The Bertz CT molecular complexity index is 2860. The van der Waals surface area contributed by atoms with Crippen LogP contribution in [0.5, 0.6) is 0 Å². The molecule has 0 unspecified atom stereocenters. The lowest BCUT2D eigenvalue weighted by Gasteiger charge is -2.16. The second kappa shape index (κ2) is 11.9. The Balaban J connectivity index is 1.21. The average molecular weight is 651 g/mol. The summed E-state index contributed by atoms with van der Waals surface area (Å²) in [5.74, 6) is 0. The maximum atomic E-state index is 5.51. The third-order valence-corrected chi connectivity index (χ3v) is 9.90. The van der Waals surface area contributed by atoms with Gasteiger partial charge in [-0.05, 0) is 47.5 Å². The van der Waals surface area contributed by atoms with E-state index in [0.29, 0.717) is 0 Å². The minimum atomic E-state index is 0.861. The zero-order chi connectivity index (χ0) is 33.7. The molecule has 4 aromatic heterocycles. The Morgan fingerprint density at radius 2 is 1.10 bits per heavy atom. The normalized spacial score (nSPS) is 11.5. The van der Waals surface area contributed by atoms with Crippen LogP contribution in [0.4, 0.5) is 0 Å². The zero-order valence-electron chi connectivity index (χ0n) is 27.6. The van der Waals surface area contributed by atoms with Crippen LogP contribution in [0.25, 0.3) is 94.1 Å². The quantitative estimate of drug-likeness (QED) is 0.174. The van der Waals surface area contributed by atoms with Gasteiger partial charge >= 0.3 is 0 Å². The number of nitrogens with zero attached hydrogens (tertiary/aromatic N) is 4. The van der Waals surface area contributed by atoms with E-state index in [1.807, 2.05) is 30.5 Å². The van der Waals surface area contributed by atoms with E-state index in [1.165, 1.54) is 27.2 Å². The second-order valence-corrected chi connectivity index (χ2v) is 12.8. The largest absolute Gasteiger partial charge is 0.309 e. The number of rotatable bonds is 5. The number of benzene rings is 6. The van der Waals surface area contributed by atoms with Crippen LogP contribution < -0.4 is 0 Å². The van der Waals surface area contributed by atoms with E-state index >= 15 is 0 Å². The summed E-state index contributed by atoms with van der Waals surface area (Å²) >= 11 is 0. The highest BCUT2D eigenvalue weighted by molar-refractivity contribution is 6.27. The van der Waals surface area contributed by atoms with Gasteiger partial charge in [0, 0.05) is 61.7 Å². The van der Waals surface area contributed by atoms with Crippen molar-refractivity contribution >= 4 is 43.5 Å². The molecule has 0 aliphatic carbocycles. The Labute approximate surface area is 295 Å². The fourth-order valence-electron chi connectivity index (χ4n) is 7.53. The first kappa shape index (κ1) is 29.0. The minimum absolute atomic E-state index is 0.861. The van der Waals surface area contributed by atoms with Crippen LogP contribution in [0.1, 0.15) is 0 Å². The van der Waals surface area contributed by atoms with Crippen LogP contribution in [-0.4, -0.2) is 19.5 Å². The minimum Gasteiger partial charge on any atom is -0.309 e. The van der Waals surface area contributed by atoms with Crippen molar-refractivity contribution in [1.29, 1.82) is 0 Å². The first-order valence-corrected chi connectivity index (χ1v) is 17.2. The third-order valence-electron chi connectivity index (χ3n) is 9.90. The van der Waals surface area contributed by atoms with Gasteiger partial charge in [0.05, 0.1) is 33.6 Å². The Morgan fingerprint density at radius 1 is 0.412 bits per heavy atom. The molecular formula is C47H30N4. The molecule has 0 aliphatic rings. The molecule has 0 bridgehead atoms. The molecule has 4 nitrogen and oxygen atoms in total. The number of hydrogen-bond acceptors (Lipinski definition) is 3. The molecule has 0 atom stereocenters. The van der Waals surface area contributed by atoms with Gasteiger partial charge in [-0.3, -0.25) is 9.97 Å². The van der Waals surface area contributed by atoms with Crippen molar-refractivity contribution in [2.45, 2.75) is 0 Å². The fraction of sp³-hybridized carbons (Fsp3) is 0. The maximum Gasteiger partial charge on any atom is 0.0886 e. The summed E-state index contributed by atoms with van der Waals surface area (Å²) < 4.78 is 2.43. The smallest absolute Gasteiger partial charge is 0.0886 e. The molecule has 4 heteroatoms. The topological polar surface area (TPSA) is 43.6 Å². The number of fused-ring (bicyclic) bond motifs is 7. The predicted octanol–water partition coefficient (Wildman–Crippen LogP) is 11.9. The van der Waals surface area contributed by atoms with Gasteiger partial charge in [0.1, 0.15) is 0 Å². The fourth-order valence-corrected chi connectivity index (χ4v) is 7.53. The number of para-hydroxylation sites is 3. The molecular weight excluding hydrogens is 621 g/mol. The highest BCUT2D eigenvalue weighted by Gasteiger charge is 2.21. The molecule has 0 N–H and O–H groups in total. The van der Waals surface area contributed by atoms with E-state index in [1.54, 1.807) is 6.20 Å². The van der Waals surface area contributed by atoms with Gasteiger partial charge in [-0.1, -0.05) is 133 Å². The molecule has 0 saturated carbocycles. The standard InChI is InChI=1S/C47H30N4/c1-3-12-33(13-4-1)45-40-27-26-38-37-16-7-8-20-43(37)51(35-14-5-2-6-15-35)47(38)44(40)39-18-11-17-36(46(39)50-45)32-23-21-31(22-24-32)34-25-28-42(49-30-34)41-19-9-10-29-48-41/h1-30H. The van der Waals surface area contributed by atoms with Gasteiger partial charge in [-0.2, -0.15) is 0 Å². The highest BCUT2D eigenvalue weighted by atomic mass is 15.0. The molecule has 0 saturated heterocycles. The van der Waals surface area contributed by atoms with Crippen LogP contribution in [0.2, 0.25) is 0 Å². The van der Waals surface area contributed by atoms with Gasteiger partial charge in [-0.25, -0.2) is 4.98 Å². The van der Waals surface area contributed by atoms with Crippen LogP contribution >= 0.6 is 0 Å². The number of hydrogen-bond donors (Lipinski definition) is 0. The molecule has 10 rings (SSSR count). The molecule has 10 aromatic rings. The molecule has 0 radical (unpaired) electrons. The molecule has 0 fully saturated rings. The van der Waals surface area contributed by atoms with Crippen molar-refractivity contribution < 1.29 is 0 Å². The van der Waals surface area contributed by atoms with Crippen molar-refractivity contribution in [3.63, 3.8) is 0 Å². The lowest BCUT2D eigenvalue weighted by Crippen LogP contribution is -1.97. The van der Waals surface area contributed by atoms with Crippen LogP contribution in [0.3, 0.4) is 0 Å². The van der Waals surface area contributed by atoms with Gasteiger partial charge in [-0.15, -0.1) is 0 Å². The van der Waals surface area contributed by atoms with Gasteiger partial charge in [0.2, 0.25) is 0 Å². The van der Waals surface area contributed by atoms with E-state index in [-0.39, 0.29) is 0 Å². The summed E-state index contributed by atoms with van der Waals surface area (Å²) in [4.78, 5) is 14.7. The van der Waals surface area contributed by atoms with E-state index in [0.717, 1.165) is 66.9 Å². The number of aromatic nitrogens is 4. The van der Waals surface area contributed by atoms with E-state index in [9.17, 15) is 0 Å². The molecule has 0 aliphatic heterocycles. The summed E-state index contributed by atoms with van der Waals surface area (Å²) in [6, 6.07) is 59.9. The van der Waals surface area contributed by atoms with Gasteiger partial charge in [0.25, 0.3) is 0 Å². The maximum absolute atomic E-state index is 5.51. The van der Waals surface area contributed by atoms with Gasteiger partial charge < -0.3 is 4.57 Å². The van der Waals surface area contributed by atoms with Crippen LogP contribution in [0.15, 0.2) is 182 Å². The molecule has 0 amide bonds. The SMILES string of the molecule is c1ccc(-c2nc3c(-c4ccc(-c5ccc(-c6ccccn6)nc5)cc4)cccc3c3c2ccc2c4ccccc4n(-c4ccccc4)c23)cc1. The van der Waals surface area contributed by atoms with Crippen LogP contribution in [-0.2, 0) is 0 Å². The van der Waals surface area contributed by atoms with Gasteiger partial charge in [0.15, 0.2) is 0 Å². The van der Waals surface area contributed by atoms with Crippen molar-refractivity contribution in [3.05, 3.63) is 182 Å². The summed E-state index contributed by atoms with van der Waals surface area (Å²) in [5, 5.41) is 5.93. The summed E-state index contributed by atoms with van der Waals surface area (Å²) in [5.41, 5.74) is 12.7. The Morgan fingerprint density at radius 3 is 1.88 bits per heavy atom. The molecule has 4 heterocycles. The van der Waals surface area contributed by atoms with Crippen molar-refractivity contribution in [2.75, 3.05) is 0 Å². The summed E-state index contributed by atoms with van der Waals surface area (Å²) in [6.45, 7) is 0. The van der Waals surface area contributed by atoms with E-state index in [2.05, 4.69) is 155 Å². The van der Waals surface area contributed by atoms with E-state index < -0.39 is 0 Å². The van der Waals surface area contributed by atoms with Crippen molar-refractivity contribution in [2.24, 2.45) is 0 Å². The summed E-state index contributed by atoms with van der Waals surface area (Å²) in [7, 11) is 0. The first-order valence-electron chi connectivity index (χ1n) is 17.2. The molecule has 0 spiro atoms. The van der Waals surface area contributed by atoms with Crippen LogP contribution in [0, 0.1) is 0 Å². The van der Waals surface area contributed by atoms with E-state index in [4.69, 9.17) is 9.97 Å². The monoisotopic (exact) mass is 650 g/mol. The average Bonchev–Trinajstić information content (AvgIpc) is 3.56. The predicted molar refractivity (Wildman–Crippen MR) is 211 cm³/mol. The highest BCUT2D eigenvalue weighted by Crippen LogP contribution is 2.43. The second-order valence-electron chi connectivity index (χ2n) is 12.8. The Hall–Kier alpha value is -6.91. The zero-order valence-corrected chi connectivity index (χ0v) is 27.6. The third kappa shape index (κ3) is 4.80. The van der Waals surface area contributed by atoms with Crippen molar-refractivity contribution in [3.8, 4) is 50.6 Å². The summed E-state index contributed by atoms with van der Waals surface area (Å²) in [6.07, 6.45) is 3.72. The molecule has 6 aromatic carbocycles. The lowest BCUT2D eigenvalue weighted by atomic mass is 9.94. The Kier molecular flexibility index (Phi) is 6.78. The first-order chi connectivity index (χ1) is 25.3.